The van der Waals surface area contributed by atoms with Crippen LogP contribution in [0.1, 0.15) is 71.1 Å². The van der Waals surface area contributed by atoms with Crippen LogP contribution in [0, 0.1) is 17.8 Å². The van der Waals surface area contributed by atoms with Gasteiger partial charge >= 0.3 is 0 Å². The van der Waals surface area contributed by atoms with E-state index in [1.54, 1.807) is 0 Å². The third kappa shape index (κ3) is 3.09. The maximum Gasteiger partial charge on any atom is 0.139 e. The van der Waals surface area contributed by atoms with Crippen LogP contribution in [0.2, 0.25) is 0 Å². The fraction of sp³-hybridized carbons (Fsp3) is 0.933. The Morgan fingerprint density at radius 2 is 1.44 bits per heavy atom. The van der Waals surface area contributed by atoms with Crippen LogP contribution in [-0.4, -0.2) is 5.78 Å². The monoisotopic (exact) mass is 222 g/mol. The Labute approximate surface area is 100.0 Å². The van der Waals surface area contributed by atoms with Gasteiger partial charge in [0.15, 0.2) is 0 Å². The van der Waals surface area contributed by atoms with Crippen molar-refractivity contribution >= 4 is 5.78 Å². The van der Waals surface area contributed by atoms with Gasteiger partial charge in [-0.25, -0.2) is 0 Å². The average molecular weight is 222 g/mol. The summed E-state index contributed by atoms with van der Waals surface area (Å²) in [6.45, 7) is 2.31. The molecule has 2 unspecified atom stereocenters. The molecule has 0 bridgehead atoms. The highest BCUT2D eigenvalue weighted by Gasteiger charge is 2.30. The molecule has 0 radical (unpaired) electrons. The second-order valence-corrected chi connectivity index (χ2v) is 6.06. The molecule has 16 heavy (non-hydrogen) atoms. The van der Waals surface area contributed by atoms with Crippen molar-refractivity contribution in [1.82, 2.24) is 0 Å². The Hall–Kier alpha value is -0.330. The number of ketones is 1. The molecular weight excluding hydrogens is 196 g/mol. The summed E-state index contributed by atoms with van der Waals surface area (Å²) in [6, 6.07) is 0. The molecule has 0 aromatic heterocycles. The van der Waals surface area contributed by atoms with Gasteiger partial charge in [-0.15, -0.1) is 0 Å². The zero-order chi connectivity index (χ0) is 11.4. The Morgan fingerprint density at radius 3 is 2.06 bits per heavy atom. The summed E-state index contributed by atoms with van der Waals surface area (Å²) in [5.74, 6) is 2.27. The molecule has 1 nitrogen and oxygen atoms in total. The number of rotatable bonds is 2. The molecule has 2 aliphatic carbocycles. The number of carbonyl (C=O) groups is 1. The predicted octanol–water partition coefficient (Wildman–Crippen LogP) is 4.35. The molecule has 0 aromatic rings. The number of Topliss-reactive ketones (excluding diaryl/α,β-unsaturated/α-hetero) is 1. The van der Waals surface area contributed by atoms with Crippen molar-refractivity contribution in [2.45, 2.75) is 71.1 Å². The van der Waals surface area contributed by atoms with E-state index in [4.69, 9.17) is 0 Å². The highest BCUT2D eigenvalue weighted by molar-refractivity contribution is 5.83. The minimum Gasteiger partial charge on any atom is -0.299 e. The van der Waals surface area contributed by atoms with Gasteiger partial charge in [-0.1, -0.05) is 45.4 Å². The summed E-state index contributed by atoms with van der Waals surface area (Å²) in [5.41, 5.74) is 0. The topological polar surface area (TPSA) is 17.1 Å². The van der Waals surface area contributed by atoms with Gasteiger partial charge in [0.25, 0.3) is 0 Å². The third-order valence-electron chi connectivity index (χ3n) is 4.60. The summed E-state index contributed by atoms with van der Waals surface area (Å²) in [4.78, 5) is 12.5. The maximum absolute atomic E-state index is 12.5. The molecule has 2 aliphatic rings. The Bertz CT molecular complexity index is 222. The van der Waals surface area contributed by atoms with Gasteiger partial charge in [-0.2, -0.15) is 0 Å². The molecule has 2 saturated carbocycles. The first-order valence-corrected chi connectivity index (χ1v) is 7.31. The predicted molar refractivity (Wildman–Crippen MR) is 67.3 cm³/mol. The highest BCUT2D eigenvalue weighted by atomic mass is 16.1. The minimum absolute atomic E-state index is 0.423. The van der Waals surface area contributed by atoms with Crippen LogP contribution in [0.15, 0.2) is 0 Å². The molecule has 92 valence electrons. The fourth-order valence-corrected chi connectivity index (χ4v) is 3.59. The molecule has 0 saturated heterocycles. The standard InChI is InChI=1S/C15H26O/c1-12-7-6-10-14(11-12)15(16)13-8-4-2-3-5-9-13/h12-14H,2-11H2,1H3. The van der Waals surface area contributed by atoms with Crippen LogP contribution in [-0.2, 0) is 4.79 Å². The molecule has 0 aliphatic heterocycles. The van der Waals surface area contributed by atoms with Gasteiger partial charge in [-0.3, -0.25) is 4.79 Å². The Balaban J connectivity index is 1.89. The second kappa shape index (κ2) is 5.84. The molecule has 0 N–H and O–H groups in total. The first kappa shape index (κ1) is 12.1. The summed E-state index contributed by atoms with van der Waals surface area (Å²) >= 11 is 0. The van der Waals surface area contributed by atoms with Gasteiger partial charge in [0, 0.05) is 11.8 Å². The van der Waals surface area contributed by atoms with Crippen molar-refractivity contribution in [3.05, 3.63) is 0 Å². The Morgan fingerprint density at radius 1 is 0.812 bits per heavy atom. The molecule has 2 fully saturated rings. The van der Waals surface area contributed by atoms with E-state index in [2.05, 4.69) is 6.92 Å². The van der Waals surface area contributed by atoms with Crippen LogP contribution in [0.25, 0.3) is 0 Å². The van der Waals surface area contributed by atoms with Crippen LogP contribution >= 0.6 is 0 Å². The van der Waals surface area contributed by atoms with E-state index in [1.807, 2.05) is 0 Å². The van der Waals surface area contributed by atoms with Gasteiger partial charge in [0.05, 0.1) is 0 Å². The van der Waals surface area contributed by atoms with E-state index in [1.165, 1.54) is 64.2 Å². The first-order chi connectivity index (χ1) is 7.77. The molecule has 1 heteroatoms. The Kier molecular flexibility index (Phi) is 4.43. The van der Waals surface area contributed by atoms with E-state index in [0.29, 0.717) is 17.6 Å². The zero-order valence-corrected chi connectivity index (χ0v) is 10.7. The van der Waals surface area contributed by atoms with Crippen molar-refractivity contribution in [2.24, 2.45) is 17.8 Å². The van der Waals surface area contributed by atoms with E-state index in [0.717, 1.165) is 5.92 Å². The number of hydrogen-bond acceptors (Lipinski definition) is 1. The van der Waals surface area contributed by atoms with Crippen LogP contribution in [0.3, 0.4) is 0 Å². The maximum atomic E-state index is 12.5. The third-order valence-corrected chi connectivity index (χ3v) is 4.60. The van der Waals surface area contributed by atoms with Crippen molar-refractivity contribution in [3.8, 4) is 0 Å². The lowest BCUT2D eigenvalue weighted by Crippen LogP contribution is -2.27. The summed E-state index contributed by atoms with van der Waals surface area (Å²) in [6.07, 6.45) is 12.6. The SMILES string of the molecule is CC1CCCC(C(=O)C2CCCCCC2)C1. The minimum atomic E-state index is 0.423. The largest absolute Gasteiger partial charge is 0.299 e. The highest BCUT2D eigenvalue weighted by Crippen LogP contribution is 2.34. The van der Waals surface area contributed by atoms with Gasteiger partial charge in [0.1, 0.15) is 5.78 Å². The fourth-order valence-electron chi connectivity index (χ4n) is 3.59. The van der Waals surface area contributed by atoms with Gasteiger partial charge in [-0.05, 0) is 31.6 Å². The molecule has 0 heterocycles. The summed E-state index contributed by atoms with van der Waals surface area (Å²) in [7, 11) is 0. The van der Waals surface area contributed by atoms with Gasteiger partial charge in [0.2, 0.25) is 0 Å². The van der Waals surface area contributed by atoms with Crippen LogP contribution in [0.4, 0.5) is 0 Å². The lowest BCUT2D eigenvalue weighted by molar-refractivity contribution is -0.128. The molecule has 2 atom stereocenters. The number of carbonyl (C=O) groups excluding carboxylic acids is 1. The van der Waals surface area contributed by atoms with E-state index < -0.39 is 0 Å². The molecule has 2 rings (SSSR count). The van der Waals surface area contributed by atoms with Crippen LogP contribution < -0.4 is 0 Å². The molecule has 0 spiro atoms. The number of hydrogen-bond donors (Lipinski definition) is 0. The molecule has 0 amide bonds. The van der Waals surface area contributed by atoms with Crippen molar-refractivity contribution in [3.63, 3.8) is 0 Å². The van der Waals surface area contributed by atoms with E-state index >= 15 is 0 Å². The van der Waals surface area contributed by atoms with Gasteiger partial charge < -0.3 is 0 Å². The molecule has 0 aromatic carbocycles. The van der Waals surface area contributed by atoms with Crippen LogP contribution in [0.5, 0.6) is 0 Å². The lowest BCUT2D eigenvalue weighted by atomic mass is 9.76. The lowest BCUT2D eigenvalue weighted by Gasteiger charge is -2.28. The average Bonchev–Trinajstić information content (AvgIpc) is 2.56. The smallest absolute Gasteiger partial charge is 0.139 e. The summed E-state index contributed by atoms with van der Waals surface area (Å²) < 4.78 is 0. The van der Waals surface area contributed by atoms with Crippen molar-refractivity contribution in [2.75, 3.05) is 0 Å². The first-order valence-electron chi connectivity index (χ1n) is 7.31. The van der Waals surface area contributed by atoms with E-state index in [-0.39, 0.29) is 0 Å². The zero-order valence-electron chi connectivity index (χ0n) is 10.7. The quantitative estimate of drug-likeness (QED) is 0.635. The molecular formula is C15H26O. The van der Waals surface area contributed by atoms with Crippen molar-refractivity contribution < 1.29 is 4.79 Å². The summed E-state index contributed by atoms with van der Waals surface area (Å²) in [5, 5.41) is 0. The van der Waals surface area contributed by atoms with Crippen molar-refractivity contribution in [1.29, 1.82) is 0 Å². The van der Waals surface area contributed by atoms with E-state index in [9.17, 15) is 4.79 Å². The normalized spacial score (nSPS) is 33.3. The second-order valence-electron chi connectivity index (χ2n) is 6.06.